The van der Waals surface area contributed by atoms with Crippen LogP contribution in [-0.2, 0) is 0 Å². The van der Waals surface area contributed by atoms with Crippen LogP contribution in [0.2, 0.25) is 0 Å². The second-order valence-corrected chi connectivity index (χ2v) is 10.3. The molecule has 2 aromatic carbocycles. The van der Waals surface area contributed by atoms with E-state index in [1.54, 1.807) is 19.2 Å². The molecule has 5 rings (SSSR count). The van der Waals surface area contributed by atoms with E-state index >= 15 is 0 Å². The molecule has 2 N–H and O–H groups in total. The molecule has 0 bridgehead atoms. The summed E-state index contributed by atoms with van der Waals surface area (Å²) in [6.07, 6.45) is 1.06. The van der Waals surface area contributed by atoms with E-state index in [0.29, 0.717) is 30.4 Å². The molecule has 12 heteroatoms. The van der Waals surface area contributed by atoms with Gasteiger partial charge in [-0.2, -0.15) is 15.2 Å². The molecule has 41 heavy (non-hydrogen) atoms. The number of likely N-dealkylation sites (tertiary alicyclic amines) is 1. The molecule has 0 radical (unpaired) electrons. The Balaban J connectivity index is 1.45. The first-order valence-electron chi connectivity index (χ1n) is 13.6. The number of aromatic nitrogens is 2. The Hall–Kier alpha value is -4.63. The zero-order valence-corrected chi connectivity index (χ0v) is 23.1. The van der Waals surface area contributed by atoms with E-state index < -0.39 is 18.0 Å². The normalized spacial score (nSPS) is 19.1. The molecular formula is C29H33N7O5. The van der Waals surface area contributed by atoms with E-state index in [-0.39, 0.29) is 37.3 Å². The highest BCUT2D eigenvalue weighted by atomic mass is 16.5. The number of likely N-dealkylation sites (N-methyl/N-ethyl adjacent to an activating group) is 1. The Morgan fingerprint density at radius 1 is 1.15 bits per heavy atom. The summed E-state index contributed by atoms with van der Waals surface area (Å²) in [6.45, 7) is 2.17. The third-order valence-electron chi connectivity index (χ3n) is 7.70. The van der Waals surface area contributed by atoms with Gasteiger partial charge in [0.1, 0.15) is 23.9 Å². The number of nitriles is 1. The largest absolute Gasteiger partial charge is 0.497 e. The van der Waals surface area contributed by atoms with Crippen LogP contribution in [0.3, 0.4) is 0 Å². The minimum Gasteiger partial charge on any atom is -0.497 e. The summed E-state index contributed by atoms with van der Waals surface area (Å²) < 4.78 is 11.5. The third kappa shape index (κ3) is 6.25. The Morgan fingerprint density at radius 3 is 2.71 bits per heavy atom. The van der Waals surface area contributed by atoms with Gasteiger partial charge < -0.3 is 34.6 Å². The van der Waals surface area contributed by atoms with Gasteiger partial charge in [-0.3, -0.25) is 4.79 Å². The lowest BCUT2D eigenvalue weighted by Crippen LogP contribution is -2.55. The smallest absolute Gasteiger partial charge is 0.407 e. The highest BCUT2D eigenvalue weighted by Crippen LogP contribution is 2.30. The molecular weight excluding hydrogens is 526 g/mol. The average molecular weight is 560 g/mol. The van der Waals surface area contributed by atoms with Crippen molar-refractivity contribution in [3.8, 4) is 17.8 Å². The first kappa shape index (κ1) is 27.9. The number of hydrogen-bond donors (Lipinski definition) is 2. The number of fused-ring (bicyclic) bond motifs is 1. The molecule has 0 spiro atoms. The van der Waals surface area contributed by atoms with E-state index in [4.69, 9.17) is 9.47 Å². The number of piperazine rings is 1. The number of carboxylic acid groups (broad SMARTS) is 1. The number of anilines is 2. The molecule has 1 aromatic heterocycles. The number of carbonyl (C=O) groups is 2. The van der Waals surface area contributed by atoms with Crippen LogP contribution in [0.4, 0.5) is 16.3 Å². The molecule has 3 aromatic rings. The molecule has 2 atom stereocenters. The van der Waals surface area contributed by atoms with Gasteiger partial charge in [-0.25, -0.2) is 4.79 Å². The van der Waals surface area contributed by atoms with Crippen molar-refractivity contribution in [2.24, 2.45) is 0 Å². The monoisotopic (exact) mass is 559 g/mol. The van der Waals surface area contributed by atoms with Gasteiger partial charge in [0.05, 0.1) is 31.3 Å². The van der Waals surface area contributed by atoms with E-state index in [1.807, 2.05) is 42.3 Å². The molecule has 0 aliphatic carbocycles. The number of benzene rings is 2. The van der Waals surface area contributed by atoms with E-state index in [0.717, 1.165) is 30.2 Å². The van der Waals surface area contributed by atoms with Crippen molar-refractivity contribution >= 4 is 34.3 Å². The maximum atomic E-state index is 13.6. The van der Waals surface area contributed by atoms with Gasteiger partial charge >= 0.3 is 12.1 Å². The molecule has 2 amide bonds. The van der Waals surface area contributed by atoms with Gasteiger partial charge in [0.2, 0.25) is 0 Å². The second-order valence-electron chi connectivity index (χ2n) is 10.3. The number of carbonyl (C=O) groups excluding carboxylic acids is 1. The summed E-state index contributed by atoms with van der Waals surface area (Å²) in [7, 11) is 3.62. The van der Waals surface area contributed by atoms with Crippen molar-refractivity contribution in [1.82, 2.24) is 19.8 Å². The Kier molecular flexibility index (Phi) is 8.35. The molecule has 2 fully saturated rings. The number of nitrogens with one attached hydrogen (secondary N) is 1. The van der Waals surface area contributed by atoms with Gasteiger partial charge in [-0.05, 0) is 37.9 Å². The third-order valence-corrected chi connectivity index (χ3v) is 7.70. The zero-order chi connectivity index (χ0) is 28.9. The predicted octanol–water partition coefficient (Wildman–Crippen LogP) is 3.45. The summed E-state index contributed by atoms with van der Waals surface area (Å²) in [5.74, 6) is 0.586. The predicted molar refractivity (Wildman–Crippen MR) is 153 cm³/mol. The fraction of sp³-hybridized carbons (Fsp3) is 0.414. The summed E-state index contributed by atoms with van der Waals surface area (Å²) in [5.41, 5.74) is 0.679. The standard InChI is InChI=1S/C29H33N7O5/c1-34-11-5-7-21(34)18-41-28-32-25(16-26(33-28)35-12-13-36(29(38)39)20(17-35)9-10-30)27(37)31-24-15-22(40-2)14-19-6-3-4-8-23(19)24/h3-4,6,8,14-16,20-21H,5,7,9,11-13,17-18H2,1-2H3,(H,31,37)(H,38,39)/t20-,21+/m0/s1. The maximum absolute atomic E-state index is 13.6. The second kappa shape index (κ2) is 12.3. The maximum Gasteiger partial charge on any atom is 0.407 e. The van der Waals surface area contributed by atoms with Crippen molar-refractivity contribution in [3.63, 3.8) is 0 Å². The van der Waals surface area contributed by atoms with Crippen molar-refractivity contribution in [3.05, 3.63) is 48.2 Å². The van der Waals surface area contributed by atoms with Gasteiger partial charge in [0.15, 0.2) is 0 Å². The number of nitrogens with zero attached hydrogens (tertiary/aromatic N) is 6. The lowest BCUT2D eigenvalue weighted by molar-refractivity contribution is 0.102. The first-order chi connectivity index (χ1) is 19.9. The molecule has 0 saturated carbocycles. The SMILES string of the molecule is COc1cc(NC(=O)c2cc(N3CCN(C(=O)O)[C@@H](CC#N)C3)nc(OC[C@H]3CCCN3C)n2)c2ccccc2c1. The van der Waals surface area contributed by atoms with E-state index in [2.05, 4.69) is 26.3 Å². The van der Waals surface area contributed by atoms with Crippen molar-refractivity contribution in [2.45, 2.75) is 31.3 Å². The molecule has 2 aliphatic rings. The zero-order valence-electron chi connectivity index (χ0n) is 23.1. The summed E-state index contributed by atoms with van der Waals surface area (Å²) in [5, 5.41) is 23.6. The van der Waals surface area contributed by atoms with Crippen LogP contribution in [0, 0.1) is 11.3 Å². The summed E-state index contributed by atoms with van der Waals surface area (Å²) >= 11 is 0. The Bertz CT molecular complexity index is 1480. The summed E-state index contributed by atoms with van der Waals surface area (Å²) in [6, 6.07) is 14.7. The number of amides is 2. The van der Waals surface area contributed by atoms with Crippen molar-refractivity contribution < 1.29 is 24.2 Å². The van der Waals surface area contributed by atoms with E-state index in [1.165, 1.54) is 4.90 Å². The van der Waals surface area contributed by atoms with Crippen LogP contribution in [0.1, 0.15) is 29.8 Å². The molecule has 2 saturated heterocycles. The minimum atomic E-state index is -1.07. The van der Waals surface area contributed by atoms with Crippen LogP contribution in [-0.4, -0.2) is 95.9 Å². The van der Waals surface area contributed by atoms with E-state index in [9.17, 15) is 20.0 Å². The molecule has 214 valence electrons. The Morgan fingerprint density at radius 2 is 1.98 bits per heavy atom. The van der Waals surface area contributed by atoms with Crippen LogP contribution in [0.15, 0.2) is 42.5 Å². The number of rotatable bonds is 8. The van der Waals surface area contributed by atoms with Gasteiger partial charge in [-0.1, -0.05) is 24.3 Å². The fourth-order valence-electron chi connectivity index (χ4n) is 5.40. The van der Waals surface area contributed by atoms with Crippen LogP contribution < -0.4 is 19.7 Å². The lowest BCUT2D eigenvalue weighted by atomic mass is 10.1. The van der Waals surface area contributed by atoms with Crippen molar-refractivity contribution in [2.75, 3.05) is 57.2 Å². The Labute approximate surface area is 238 Å². The average Bonchev–Trinajstić information content (AvgIpc) is 3.40. The minimum absolute atomic E-state index is 0.0432. The molecule has 12 nitrogen and oxygen atoms in total. The van der Waals surface area contributed by atoms with Crippen LogP contribution in [0.25, 0.3) is 10.8 Å². The number of methoxy groups -OCH3 is 1. The lowest BCUT2D eigenvalue weighted by Gasteiger charge is -2.39. The topological polar surface area (TPSA) is 144 Å². The van der Waals surface area contributed by atoms with Crippen LogP contribution in [0.5, 0.6) is 11.8 Å². The fourth-order valence-corrected chi connectivity index (χ4v) is 5.40. The van der Waals surface area contributed by atoms with Gasteiger partial charge in [0.25, 0.3) is 5.91 Å². The summed E-state index contributed by atoms with van der Waals surface area (Å²) in [4.78, 5) is 39.8. The molecule has 3 heterocycles. The van der Waals surface area contributed by atoms with Crippen molar-refractivity contribution in [1.29, 1.82) is 5.26 Å². The van der Waals surface area contributed by atoms with Gasteiger partial charge in [0, 0.05) is 43.2 Å². The first-order valence-corrected chi connectivity index (χ1v) is 13.6. The molecule has 2 aliphatic heterocycles. The highest BCUT2D eigenvalue weighted by molar-refractivity contribution is 6.09. The van der Waals surface area contributed by atoms with Crippen LogP contribution >= 0.6 is 0 Å². The quantitative estimate of drug-likeness (QED) is 0.421. The van der Waals surface area contributed by atoms with Gasteiger partial charge in [-0.15, -0.1) is 0 Å². The molecule has 0 unspecified atom stereocenters. The highest BCUT2D eigenvalue weighted by Gasteiger charge is 2.32. The number of ether oxygens (including phenoxy) is 2. The number of hydrogen-bond acceptors (Lipinski definition) is 9.